The van der Waals surface area contributed by atoms with Gasteiger partial charge in [-0.25, -0.2) is 0 Å². The standard InChI is InChI=1S/C16H12ClF3N2O6/c1-8(15(23)24)21-28-14-7-10(3-4-12(14)22(25)26)27-13-5-2-9(6-11(13)17)16(18,19)20/h2-8,21H,1H3,(H,23,24)/t8-/m0/s1. The molecule has 0 aromatic heterocycles. The summed E-state index contributed by atoms with van der Waals surface area (Å²) in [5, 5.41) is 19.5. The van der Waals surface area contributed by atoms with Crippen LogP contribution in [0.4, 0.5) is 18.9 Å². The Labute approximate surface area is 160 Å². The van der Waals surface area contributed by atoms with E-state index in [4.69, 9.17) is 26.3 Å². The molecule has 2 N–H and O–H groups in total. The van der Waals surface area contributed by atoms with E-state index in [1.165, 1.54) is 13.0 Å². The molecule has 150 valence electrons. The Hall–Kier alpha value is -3.05. The third-order valence-electron chi connectivity index (χ3n) is 3.33. The van der Waals surface area contributed by atoms with Gasteiger partial charge in [0, 0.05) is 12.1 Å². The van der Waals surface area contributed by atoms with E-state index in [1.54, 1.807) is 0 Å². The average Bonchev–Trinajstić information content (AvgIpc) is 2.60. The maximum atomic E-state index is 12.7. The first kappa shape index (κ1) is 21.3. The first-order valence-corrected chi connectivity index (χ1v) is 7.85. The molecular weight excluding hydrogens is 409 g/mol. The molecule has 0 heterocycles. The van der Waals surface area contributed by atoms with Crippen LogP contribution in [0.2, 0.25) is 5.02 Å². The highest BCUT2D eigenvalue weighted by atomic mass is 35.5. The van der Waals surface area contributed by atoms with Crippen molar-refractivity contribution in [1.82, 2.24) is 5.48 Å². The molecule has 12 heteroatoms. The van der Waals surface area contributed by atoms with Gasteiger partial charge >= 0.3 is 17.8 Å². The minimum atomic E-state index is -4.58. The van der Waals surface area contributed by atoms with Gasteiger partial charge in [-0.15, -0.1) is 5.48 Å². The number of hydroxylamine groups is 1. The topological polar surface area (TPSA) is 111 Å². The number of rotatable bonds is 7. The summed E-state index contributed by atoms with van der Waals surface area (Å²) in [6.07, 6.45) is -4.58. The lowest BCUT2D eigenvalue weighted by atomic mass is 10.2. The number of carboxylic acids is 1. The molecule has 0 aliphatic rings. The second kappa shape index (κ2) is 8.31. The second-order valence-corrected chi connectivity index (χ2v) is 5.82. The molecule has 0 bridgehead atoms. The van der Waals surface area contributed by atoms with Gasteiger partial charge in [-0.05, 0) is 31.2 Å². The molecule has 0 aliphatic heterocycles. The molecule has 28 heavy (non-hydrogen) atoms. The van der Waals surface area contributed by atoms with Gasteiger partial charge < -0.3 is 14.7 Å². The van der Waals surface area contributed by atoms with Crippen LogP contribution in [0.25, 0.3) is 0 Å². The van der Waals surface area contributed by atoms with Crippen LogP contribution in [-0.4, -0.2) is 22.0 Å². The zero-order valence-electron chi connectivity index (χ0n) is 14.0. The molecule has 2 aromatic rings. The Bertz CT molecular complexity index is 906. The summed E-state index contributed by atoms with van der Waals surface area (Å²) in [6, 6.07) is 4.53. The number of alkyl halides is 3. The van der Waals surface area contributed by atoms with Crippen molar-refractivity contribution in [1.29, 1.82) is 0 Å². The van der Waals surface area contributed by atoms with Crippen LogP contribution < -0.4 is 15.1 Å². The summed E-state index contributed by atoms with van der Waals surface area (Å²) in [5.41, 5.74) is 0.652. The number of ether oxygens (including phenoxy) is 1. The van der Waals surface area contributed by atoms with Gasteiger partial charge in [0.25, 0.3) is 0 Å². The van der Waals surface area contributed by atoms with Gasteiger partial charge in [-0.1, -0.05) is 11.6 Å². The second-order valence-electron chi connectivity index (χ2n) is 5.41. The van der Waals surface area contributed by atoms with Crippen molar-refractivity contribution >= 4 is 23.3 Å². The predicted molar refractivity (Wildman–Crippen MR) is 90.5 cm³/mol. The fraction of sp³-hybridized carbons (Fsp3) is 0.188. The number of carboxylic acid groups (broad SMARTS) is 1. The highest BCUT2D eigenvalue weighted by Gasteiger charge is 2.31. The van der Waals surface area contributed by atoms with Gasteiger partial charge in [0.2, 0.25) is 5.75 Å². The maximum Gasteiger partial charge on any atom is 0.416 e. The first-order chi connectivity index (χ1) is 13.0. The largest absolute Gasteiger partial charge is 0.480 e. The molecular formula is C16H12ClF3N2O6. The third-order valence-corrected chi connectivity index (χ3v) is 3.63. The Morgan fingerprint density at radius 3 is 2.46 bits per heavy atom. The minimum Gasteiger partial charge on any atom is -0.480 e. The average molecular weight is 421 g/mol. The number of halogens is 4. The first-order valence-electron chi connectivity index (χ1n) is 7.47. The van der Waals surface area contributed by atoms with Crippen LogP contribution in [0.5, 0.6) is 17.2 Å². The van der Waals surface area contributed by atoms with E-state index >= 15 is 0 Å². The van der Waals surface area contributed by atoms with Crippen LogP contribution in [0.1, 0.15) is 12.5 Å². The Kier molecular flexibility index (Phi) is 6.31. The summed E-state index contributed by atoms with van der Waals surface area (Å²) in [5.74, 6) is -1.78. The Morgan fingerprint density at radius 2 is 1.93 bits per heavy atom. The van der Waals surface area contributed by atoms with E-state index in [-0.39, 0.29) is 22.3 Å². The molecule has 2 rings (SSSR count). The number of hydrogen-bond donors (Lipinski definition) is 2. The van der Waals surface area contributed by atoms with Gasteiger partial charge in [0.1, 0.15) is 17.5 Å². The SMILES string of the molecule is C[C@H](NOc1cc(Oc2ccc(C(F)(F)F)cc2Cl)ccc1[N+](=O)[O-])C(=O)O. The monoisotopic (exact) mass is 420 g/mol. The van der Waals surface area contributed by atoms with Crippen LogP contribution >= 0.6 is 11.6 Å². The summed E-state index contributed by atoms with van der Waals surface area (Å²) in [7, 11) is 0. The molecule has 0 saturated heterocycles. The number of nitrogens with one attached hydrogen (secondary N) is 1. The molecule has 1 atom stereocenters. The summed E-state index contributed by atoms with van der Waals surface area (Å²) in [6.45, 7) is 1.25. The van der Waals surface area contributed by atoms with Crippen molar-refractivity contribution in [3.8, 4) is 17.2 Å². The molecule has 0 aliphatic carbocycles. The van der Waals surface area contributed by atoms with E-state index in [0.29, 0.717) is 6.07 Å². The fourth-order valence-electron chi connectivity index (χ4n) is 1.88. The molecule has 0 radical (unpaired) electrons. The number of carbonyl (C=O) groups is 1. The van der Waals surface area contributed by atoms with Crippen molar-refractivity contribution in [3.63, 3.8) is 0 Å². The molecule has 0 fully saturated rings. The van der Waals surface area contributed by atoms with Crippen molar-refractivity contribution in [3.05, 3.63) is 57.1 Å². The normalized spacial score (nSPS) is 12.3. The molecule has 0 spiro atoms. The number of nitrogens with zero attached hydrogens (tertiary/aromatic N) is 1. The molecule has 0 amide bonds. The van der Waals surface area contributed by atoms with E-state index in [0.717, 1.165) is 24.3 Å². The van der Waals surface area contributed by atoms with Crippen molar-refractivity contribution in [2.24, 2.45) is 0 Å². The van der Waals surface area contributed by atoms with Gasteiger partial charge in [-0.2, -0.15) is 13.2 Å². The highest BCUT2D eigenvalue weighted by Crippen LogP contribution is 2.38. The lowest BCUT2D eigenvalue weighted by Gasteiger charge is -2.13. The predicted octanol–water partition coefficient (Wildman–Crippen LogP) is 4.42. The number of benzene rings is 2. The van der Waals surface area contributed by atoms with Crippen LogP contribution in [0, 0.1) is 10.1 Å². The highest BCUT2D eigenvalue weighted by molar-refractivity contribution is 6.32. The quantitative estimate of drug-likeness (QED) is 0.504. The lowest BCUT2D eigenvalue weighted by Crippen LogP contribution is -2.36. The van der Waals surface area contributed by atoms with Gasteiger partial charge in [0.15, 0.2) is 0 Å². The smallest absolute Gasteiger partial charge is 0.416 e. The van der Waals surface area contributed by atoms with Crippen LogP contribution in [-0.2, 0) is 11.0 Å². The van der Waals surface area contributed by atoms with E-state index in [9.17, 15) is 28.1 Å². The van der Waals surface area contributed by atoms with E-state index < -0.39 is 34.4 Å². The fourth-order valence-corrected chi connectivity index (χ4v) is 2.10. The minimum absolute atomic E-state index is 0.0352. The van der Waals surface area contributed by atoms with E-state index in [2.05, 4.69) is 5.48 Å². The number of aliphatic carboxylic acids is 1. The van der Waals surface area contributed by atoms with E-state index in [1.807, 2.05) is 0 Å². The zero-order chi connectivity index (χ0) is 21.1. The Balaban J connectivity index is 2.28. The van der Waals surface area contributed by atoms with Crippen molar-refractivity contribution < 1.29 is 37.6 Å². The third kappa shape index (κ3) is 5.24. The number of nitro benzene ring substituents is 1. The van der Waals surface area contributed by atoms with Crippen molar-refractivity contribution in [2.45, 2.75) is 19.1 Å². The summed E-state index contributed by atoms with van der Waals surface area (Å²) >= 11 is 5.80. The lowest BCUT2D eigenvalue weighted by molar-refractivity contribution is -0.386. The number of hydrogen-bond acceptors (Lipinski definition) is 6. The van der Waals surface area contributed by atoms with Crippen LogP contribution in [0.15, 0.2) is 36.4 Å². The number of nitro groups is 1. The van der Waals surface area contributed by atoms with Crippen molar-refractivity contribution in [2.75, 3.05) is 0 Å². The van der Waals surface area contributed by atoms with Crippen LogP contribution in [0.3, 0.4) is 0 Å². The summed E-state index contributed by atoms with van der Waals surface area (Å²) < 4.78 is 43.4. The molecule has 0 unspecified atom stereocenters. The Morgan fingerprint density at radius 1 is 1.25 bits per heavy atom. The molecule has 2 aromatic carbocycles. The zero-order valence-corrected chi connectivity index (χ0v) is 14.7. The molecule has 0 saturated carbocycles. The van der Waals surface area contributed by atoms with Gasteiger partial charge in [-0.3, -0.25) is 14.9 Å². The molecule has 8 nitrogen and oxygen atoms in total. The summed E-state index contributed by atoms with van der Waals surface area (Å²) in [4.78, 5) is 26.0. The maximum absolute atomic E-state index is 12.7. The van der Waals surface area contributed by atoms with Gasteiger partial charge in [0.05, 0.1) is 15.5 Å².